The topological polar surface area (TPSA) is 64.9 Å². The Labute approximate surface area is 130 Å². The van der Waals surface area contributed by atoms with E-state index in [4.69, 9.17) is 5.26 Å². The lowest BCUT2D eigenvalue weighted by Crippen LogP contribution is -2.32. The van der Waals surface area contributed by atoms with E-state index in [0.717, 1.165) is 16.8 Å². The van der Waals surface area contributed by atoms with Crippen LogP contribution in [0.5, 0.6) is 0 Å². The minimum absolute atomic E-state index is 0.177. The van der Waals surface area contributed by atoms with E-state index in [0.29, 0.717) is 11.3 Å². The molecule has 0 spiro atoms. The Morgan fingerprint density at radius 3 is 2.59 bits per heavy atom. The minimum atomic E-state index is -0.410. The lowest BCUT2D eigenvalue weighted by Gasteiger charge is -2.17. The van der Waals surface area contributed by atoms with Crippen LogP contribution in [0.25, 0.3) is 0 Å². The third-order valence-corrected chi connectivity index (χ3v) is 3.46. The van der Waals surface area contributed by atoms with Crippen LogP contribution < -0.4 is 10.6 Å². The number of aryl methyl sites for hydroxylation is 2. The van der Waals surface area contributed by atoms with Gasteiger partial charge in [0.15, 0.2) is 0 Å². The number of anilines is 2. The summed E-state index contributed by atoms with van der Waals surface area (Å²) in [6, 6.07) is 14.7. The third-order valence-electron chi connectivity index (χ3n) is 3.46. The molecular weight excluding hydrogens is 274 g/mol. The molecule has 0 aliphatic rings. The molecule has 1 amide bonds. The van der Waals surface area contributed by atoms with Gasteiger partial charge in [-0.25, -0.2) is 0 Å². The number of carbonyl (C=O) groups is 1. The van der Waals surface area contributed by atoms with Crippen molar-refractivity contribution < 1.29 is 4.79 Å². The fourth-order valence-corrected chi connectivity index (χ4v) is 2.12. The molecule has 0 saturated heterocycles. The average Bonchev–Trinajstić information content (AvgIpc) is 2.51. The van der Waals surface area contributed by atoms with Gasteiger partial charge < -0.3 is 10.6 Å². The summed E-state index contributed by atoms with van der Waals surface area (Å²) >= 11 is 0. The largest absolute Gasteiger partial charge is 0.374 e. The third kappa shape index (κ3) is 3.64. The van der Waals surface area contributed by atoms with Crippen molar-refractivity contribution in [2.45, 2.75) is 26.8 Å². The zero-order valence-electron chi connectivity index (χ0n) is 13.0. The van der Waals surface area contributed by atoms with Crippen LogP contribution in [0.2, 0.25) is 0 Å². The van der Waals surface area contributed by atoms with Crippen LogP contribution in [0.4, 0.5) is 11.4 Å². The Balaban J connectivity index is 2.10. The molecule has 0 aromatic heterocycles. The molecule has 112 valence electrons. The highest BCUT2D eigenvalue weighted by molar-refractivity contribution is 5.97. The monoisotopic (exact) mass is 293 g/mol. The molecule has 0 fully saturated rings. The van der Waals surface area contributed by atoms with E-state index in [-0.39, 0.29) is 5.91 Å². The molecular formula is C18H19N3O. The van der Waals surface area contributed by atoms with Gasteiger partial charge in [0, 0.05) is 5.69 Å². The number of amides is 1. The fourth-order valence-electron chi connectivity index (χ4n) is 2.12. The Bertz CT molecular complexity index is 731. The van der Waals surface area contributed by atoms with Crippen molar-refractivity contribution in [2.75, 3.05) is 10.6 Å². The van der Waals surface area contributed by atoms with Gasteiger partial charge in [0.2, 0.25) is 5.91 Å². The summed E-state index contributed by atoms with van der Waals surface area (Å²) in [4.78, 5) is 12.3. The molecule has 2 rings (SSSR count). The van der Waals surface area contributed by atoms with E-state index in [1.807, 2.05) is 32.0 Å². The quantitative estimate of drug-likeness (QED) is 0.905. The summed E-state index contributed by atoms with van der Waals surface area (Å²) < 4.78 is 0. The maximum Gasteiger partial charge on any atom is 0.246 e. The van der Waals surface area contributed by atoms with Crippen LogP contribution in [0.3, 0.4) is 0 Å². The molecule has 0 radical (unpaired) electrons. The number of nitrogens with zero attached hydrogens (tertiary/aromatic N) is 1. The van der Waals surface area contributed by atoms with Gasteiger partial charge in [-0.2, -0.15) is 5.26 Å². The lowest BCUT2D eigenvalue weighted by molar-refractivity contribution is -0.116. The van der Waals surface area contributed by atoms with Crippen molar-refractivity contribution in [1.29, 1.82) is 5.26 Å². The van der Waals surface area contributed by atoms with E-state index in [1.54, 1.807) is 31.2 Å². The summed E-state index contributed by atoms with van der Waals surface area (Å²) in [6.45, 7) is 5.81. The molecule has 0 aliphatic carbocycles. The molecule has 2 N–H and O–H groups in total. The second-order valence-corrected chi connectivity index (χ2v) is 5.33. The molecule has 22 heavy (non-hydrogen) atoms. The standard InChI is InChI=1S/C18H19N3O/c1-12-8-9-13(2)17(10-12)20-14(3)18(22)21-16-7-5-4-6-15(16)11-19/h4-10,14,20H,1-3H3,(H,21,22)/t14-/m0/s1. The van der Waals surface area contributed by atoms with Gasteiger partial charge in [0.25, 0.3) is 0 Å². The van der Waals surface area contributed by atoms with Crippen molar-refractivity contribution in [3.05, 3.63) is 59.2 Å². The van der Waals surface area contributed by atoms with E-state index in [2.05, 4.69) is 16.7 Å². The van der Waals surface area contributed by atoms with Gasteiger partial charge in [-0.15, -0.1) is 0 Å². The number of benzene rings is 2. The van der Waals surface area contributed by atoms with Crippen LogP contribution in [-0.2, 0) is 4.79 Å². The van der Waals surface area contributed by atoms with Crippen molar-refractivity contribution in [1.82, 2.24) is 0 Å². The number of para-hydroxylation sites is 1. The Morgan fingerprint density at radius 2 is 1.86 bits per heavy atom. The first-order valence-electron chi connectivity index (χ1n) is 7.15. The van der Waals surface area contributed by atoms with Crippen LogP contribution in [0.15, 0.2) is 42.5 Å². The van der Waals surface area contributed by atoms with Crippen LogP contribution >= 0.6 is 0 Å². The number of nitrogens with one attached hydrogen (secondary N) is 2. The van der Waals surface area contributed by atoms with E-state index < -0.39 is 6.04 Å². The molecule has 4 heteroatoms. The highest BCUT2D eigenvalue weighted by Gasteiger charge is 2.15. The van der Waals surface area contributed by atoms with Gasteiger partial charge in [-0.1, -0.05) is 24.3 Å². The second kappa shape index (κ2) is 6.77. The van der Waals surface area contributed by atoms with Gasteiger partial charge in [0.1, 0.15) is 12.1 Å². The number of carbonyl (C=O) groups excluding carboxylic acids is 1. The molecule has 0 unspecified atom stereocenters. The molecule has 2 aromatic carbocycles. The Morgan fingerprint density at radius 1 is 1.14 bits per heavy atom. The smallest absolute Gasteiger partial charge is 0.246 e. The second-order valence-electron chi connectivity index (χ2n) is 5.33. The zero-order chi connectivity index (χ0) is 16.1. The number of nitriles is 1. The number of rotatable bonds is 4. The normalized spacial score (nSPS) is 11.4. The number of hydrogen-bond donors (Lipinski definition) is 2. The van der Waals surface area contributed by atoms with Crippen molar-refractivity contribution >= 4 is 17.3 Å². The van der Waals surface area contributed by atoms with Crippen molar-refractivity contribution in [3.63, 3.8) is 0 Å². The van der Waals surface area contributed by atoms with Crippen LogP contribution in [-0.4, -0.2) is 11.9 Å². The Hall–Kier alpha value is -2.80. The van der Waals surface area contributed by atoms with Gasteiger partial charge in [-0.05, 0) is 50.1 Å². The first kappa shape index (κ1) is 15.6. The molecule has 0 aliphatic heterocycles. The first-order valence-corrected chi connectivity index (χ1v) is 7.15. The maximum absolute atomic E-state index is 12.3. The summed E-state index contributed by atoms with van der Waals surface area (Å²) in [5, 5.41) is 15.1. The molecule has 4 nitrogen and oxygen atoms in total. The van der Waals surface area contributed by atoms with E-state index in [1.165, 1.54) is 0 Å². The first-order chi connectivity index (χ1) is 10.5. The average molecular weight is 293 g/mol. The minimum Gasteiger partial charge on any atom is -0.374 e. The van der Waals surface area contributed by atoms with Crippen LogP contribution in [0.1, 0.15) is 23.6 Å². The van der Waals surface area contributed by atoms with E-state index >= 15 is 0 Å². The molecule has 0 heterocycles. The van der Waals surface area contributed by atoms with Crippen LogP contribution in [0, 0.1) is 25.2 Å². The highest BCUT2D eigenvalue weighted by atomic mass is 16.2. The predicted molar refractivity (Wildman–Crippen MR) is 88.8 cm³/mol. The molecule has 0 saturated carbocycles. The lowest BCUT2D eigenvalue weighted by atomic mass is 10.1. The number of hydrogen-bond acceptors (Lipinski definition) is 3. The summed E-state index contributed by atoms with van der Waals surface area (Å²) in [5.74, 6) is -0.177. The maximum atomic E-state index is 12.3. The van der Waals surface area contributed by atoms with Gasteiger partial charge >= 0.3 is 0 Å². The highest BCUT2D eigenvalue weighted by Crippen LogP contribution is 2.18. The summed E-state index contributed by atoms with van der Waals surface area (Å²) in [5.41, 5.74) is 4.15. The van der Waals surface area contributed by atoms with Gasteiger partial charge in [-0.3, -0.25) is 4.79 Å². The molecule has 0 bridgehead atoms. The zero-order valence-corrected chi connectivity index (χ0v) is 13.0. The predicted octanol–water partition coefficient (Wildman–Crippen LogP) is 3.61. The fraction of sp³-hybridized carbons (Fsp3) is 0.222. The Kier molecular flexibility index (Phi) is 4.80. The van der Waals surface area contributed by atoms with Crippen molar-refractivity contribution in [2.24, 2.45) is 0 Å². The van der Waals surface area contributed by atoms with Gasteiger partial charge in [0.05, 0.1) is 11.3 Å². The summed E-state index contributed by atoms with van der Waals surface area (Å²) in [6.07, 6.45) is 0. The molecule has 2 aromatic rings. The van der Waals surface area contributed by atoms with E-state index in [9.17, 15) is 4.79 Å². The summed E-state index contributed by atoms with van der Waals surface area (Å²) in [7, 11) is 0. The molecule has 1 atom stereocenters. The SMILES string of the molecule is Cc1ccc(C)c(N[C@@H](C)C(=O)Nc2ccccc2C#N)c1. The van der Waals surface area contributed by atoms with Crippen molar-refractivity contribution in [3.8, 4) is 6.07 Å².